The monoisotopic (exact) mass is 210 g/mol. The molecule has 2 nitrogen and oxygen atoms in total. The fourth-order valence-corrected chi connectivity index (χ4v) is 1.15. The Kier molecular flexibility index (Phi) is 2.68. The zero-order valence-corrected chi connectivity index (χ0v) is 7.08. The fourth-order valence-electron chi connectivity index (χ4n) is 0.862. The number of nitrogens with two attached hydrogens (primary N) is 1. The first-order chi connectivity index (χ1) is 5.96. The van der Waals surface area contributed by atoms with Crippen LogP contribution < -0.4 is 11.3 Å². The number of alkyl halides is 3. The minimum Gasteiger partial charge on any atom is -0.323 e. The molecule has 0 aliphatic carbocycles. The number of anilines is 1. The Morgan fingerprint density at radius 1 is 1.31 bits per heavy atom. The van der Waals surface area contributed by atoms with Crippen LogP contribution in [0.3, 0.4) is 0 Å². The van der Waals surface area contributed by atoms with Gasteiger partial charge in [0, 0.05) is 0 Å². The number of nitrogens with one attached hydrogen (secondary N) is 1. The molecule has 72 valence electrons. The van der Waals surface area contributed by atoms with Crippen LogP contribution in [-0.4, -0.2) is 0 Å². The molecule has 0 aliphatic heterocycles. The van der Waals surface area contributed by atoms with Crippen molar-refractivity contribution in [1.82, 2.24) is 0 Å². The quantitative estimate of drug-likeness (QED) is 0.552. The molecule has 0 amide bonds. The van der Waals surface area contributed by atoms with Gasteiger partial charge in [-0.15, -0.1) is 0 Å². The second kappa shape index (κ2) is 3.43. The Balaban J connectivity index is 3.24. The number of halogens is 4. The molecular formula is C7H6ClF3N2. The van der Waals surface area contributed by atoms with Crippen LogP contribution in [0.25, 0.3) is 0 Å². The number of hydrazine groups is 1. The number of rotatable bonds is 1. The van der Waals surface area contributed by atoms with Crippen LogP contribution >= 0.6 is 11.6 Å². The van der Waals surface area contributed by atoms with Gasteiger partial charge < -0.3 is 5.43 Å². The molecule has 0 aromatic heterocycles. The van der Waals surface area contributed by atoms with Crippen LogP contribution in [0.2, 0.25) is 5.02 Å². The third kappa shape index (κ3) is 2.05. The van der Waals surface area contributed by atoms with Crippen molar-refractivity contribution in [3.8, 4) is 0 Å². The van der Waals surface area contributed by atoms with Crippen molar-refractivity contribution in [1.29, 1.82) is 0 Å². The van der Waals surface area contributed by atoms with Crippen molar-refractivity contribution in [2.24, 2.45) is 5.84 Å². The van der Waals surface area contributed by atoms with E-state index in [1.54, 1.807) is 0 Å². The molecule has 0 unspecified atom stereocenters. The number of hydrogen-bond acceptors (Lipinski definition) is 2. The maximum Gasteiger partial charge on any atom is 0.417 e. The summed E-state index contributed by atoms with van der Waals surface area (Å²) in [7, 11) is 0. The summed E-state index contributed by atoms with van der Waals surface area (Å²) >= 11 is 5.43. The van der Waals surface area contributed by atoms with E-state index in [1.807, 2.05) is 0 Å². The van der Waals surface area contributed by atoms with Gasteiger partial charge in [-0.2, -0.15) is 13.2 Å². The molecule has 0 saturated heterocycles. The largest absolute Gasteiger partial charge is 0.417 e. The van der Waals surface area contributed by atoms with Gasteiger partial charge in [0.25, 0.3) is 0 Å². The predicted octanol–water partition coefficient (Wildman–Crippen LogP) is 2.64. The first-order valence-corrected chi connectivity index (χ1v) is 3.67. The highest BCUT2D eigenvalue weighted by Crippen LogP contribution is 2.37. The Morgan fingerprint density at radius 2 is 1.92 bits per heavy atom. The molecule has 1 rings (SSSR count). The molecule has 1 aromatic rings. The summed E-state index contributed by atoms with van der Waals surface area (Å²) in [6.45, 7) is 0. The number of benzene rings is 1. The van der Waals surface area contributed by atoms with Crippen molar-refractivity contribution >= 4 is 17.3 Å². The molecule has 0 saturated carbocycles. The highest BCUT2D eigenvalue weighted by Gasteiger charge is 2.33. The van der Waals surface area contributed by atoms with Gasteiger partial charge in [0.1, 0.15) is 0 Å². The summed E-state index contributed by atoms with van der Waals surface area (Å²) in [5, 5.41) is -0.419. The average molecular weight is 211 g/mol. The Morgan fingerprint density at radius 3 is 2.38 bits per heavy atom. The third-order valence-electron chi connectivity index (χ3n) is 1.46. The SMILES string of the molecule is NNc1cccc(C(F)(F)F)c1Cl. The van der Waals surface area contributed by atoms with E-state index in [0.717, 1.165) is 6.07 Å². The molecule has 0 bridgehead atoms. The molecule has 0 atom stereocenters. The minimum absolute atomic E-state index is 0.0523. The predicted molar refractivity (Wildman–Crippen MR) is 44.3 cm³/mol. The van der Waals surface area contributed by atoms with Gasteiger partial charge in [-0.3, -0.25) is 5.84 Å². The molecular weight excluding hydrogens is 205 g/mol. The van der Waals surface area contributed by atoms with E-state index in [1.165, 1.54) is 12.1 Å². The maximum atomic E-state index is 12.2. The number of nitrogen functional groups attached to an aromatic ring is 1. The summed E-state index contributed by atoms with van der Waals surface area (Å²) in [6.07, 6.45) is -4.45. The zero-order chi connectivity index (χ0) is 10.1. The lowest BCUT2D eigenvalue weighted by atomic mass is 10.2. The van der Waals surface area contributed by atoms with Crippen LogP contribution in [0.1, 0.15) is 5.56 Å². The topological polar surface area (TPSA) is 38.0 Å². The van der Waals surface area contributed by atoms with Crippen LogP contribution in [0.4, 0.5) is 18.9 Å². The summed E-state index contributed by atoms with van der Waals surface area (Å²) in [6, 6.07) is 3.48. The van der Waals surface area contributed by atoms with E-state index in [0.29, 0.717) is 0 Å². The molecule has 0 spiro atoms. The molecule has 3 N–H and O–H groups in total. The van der Waals surface area contributed by atoms with Crippen molar-refractivity contribution in [2.45, 2.75) is 6.18 Å². The summed E-state index contributed by atoms with van der Waals surface area (Å²) in [4.78, 5) is 0. The summed E-state index contributed by atoms with van der Waals surface area (Å²) in [5.74, 6) is 4.96. The van der Waals surface area contributed by atoms with E-state index in [9.17, 15) is 13.2 Å². The smallest absolute Gasteiger partial charge is 0.323 e. The average Bonchev–Trinajstić information content (AvgIpc) is 2.02. The Hall–Kier alpha value is -0.940. The second-order valence-corrected chi connectivity index (χ2v) is 2.69. The van der Waals surface area contributed by atoms with Gasteiger partial charge in [-0.25, -0.2) is 0 Å². The van der Waals surface area contributed by atoms with Crippen molar-refractivity contribution in [2.75, 3.05) is 5.43 Å². The van der Waals surface area contributed by atoms with Gasteiger partial charge in [0.15, 0.2) is 0 Å². The first-order valence-electron chi connectivity index (χ1n) is 3.29. The lowest BCUT2D eigenvalue weighted by Gasteiger charge is -2.11. The van der Waals surface area contributed by atoms with Crippen molar-refractivity contribution in [3.05, 3.63) is 28.8 Å². The molecule has 6 heteroatoms. The Bertz CT molecular complexity index is 311. The standard InChI is InChI=1S/C7H6ClF3N2/c8-6-4(7(9,10)11)2-1-3-5(6)13-12/h1-3,13H,12H2. The van der Waals surface area contributed by atoms with E-state index in [4.69, 9.17) is 17.4 Å². The molecule has 13 heavy (non-hydrogen) atoms. The van der Waals surface area contributed by atoms with Gasteiger partial charge in [0.05, 0.1) is 16.3 Å². The molecule has 0 aliphatic rings. The summed E-state index contributed by atoms with van der Waals surface area (Å²) in [5.41, 5.74) is 1.23. The first kappa shape index (κ1) is 10.1. The normalized spacial score (nSPS) is 11.5. The van der Waals surface area contributed by atoms with Crippen LogP contribution in [0.15, 0.2) is 18.2 Å². The third-order valence-corrected chi connectivity index (χ3v) is 1.87. The second-order valence-electron chi connectivity index (χ2n) is 2.31. The lowest BCUT2D eigenvalue weighted by molar-refractivity contribution is -0.137. The van der Waals surface area contributed by atoms with E-state index in [-0.39, 0.29) is 5.69 Å². The van der Waals surface area contributed by atoms with Crippen LogP contribution in [-0.2, 0) is 6.18 Å². The zero-order valence-electron chi connectivity index (χ0n) is 6.32. The van der Waals surface area contributed by atoms with Crippen molar-refractivity contribution < 1.29 is 13.2 Å². The maximum absolute atomic E-state index is 12.2. The minimum atomic E-state index is -4.45. The van der Waals surface area contributed by atoms with Gasteiger partial charge in [-0.05, 0) is 12.1 Å². The van der Waals surface area contributed by atoms with E-state index < -0.39 is 16.8 Å². The van der Waals surface area contributed by atoms with E-state index in [2.05, 4.69) is 5.43 Å². The molecule has 0 heterocycles. The Labute approximate surface area is 77.5 Å². The van der Waals surface area contributed by atoms with Gasteiger partial charge in [0.2, 0.25) is 0 Å². The molecule has 0 fully saturated rings. The van der Waals surface area contributed by atoms with Crippen LogP contribution in [0, 0.1) is 0 Å². The highest BCUT2D eigenvalue weighted by atomic mass is 35.5. The molecule has 0 radical (unpaired) electrons. The molecule has 1 aromatic carbocycles. The lowest BCUT2D eigenvalue weighted by Crippen LogP contribution is -2.11. The van der Waals surface area contributed by atoms with Crippen LogP contribution in [0.5, 0.6) is 0 Å². The fraction of sp³-hybridized carbons (Fsp3) is 0.143. The van der Waals surface area contributed by atoms with Gasteiger partial charge >= 0.3 is 6.18 Å². The summed E-state index contributed by atoms with van der Waals surface area (Å²) < 4.78 is 36.6. The number of hydrogen-bond donors (Lipinski definition) is 2. The highest BCUT2D eigenvalue weighted by molar-refractivity contribution is 6.34. The van der Waals surface area contributed by atoms with E-state index >= 15 is 0 Å². The van der Waals surface area contributed by atoms with Crippen molar-refractivity contribution in [3.63, 3.8) is 0 Å². The van der Waals surface area contributed by atoms with Gasteiger partial charge in [-0.1, -0.05) is 17.7 Å².